The molecule has 1 unspecified atom stereocenters. The zero-order valence-electron chi connectivity index (χ0n) is 9.94. The molecule has 0 bridgehead atoms. The Kier molecular flexibility index (Phi) is 5.61. The van der Waals surface area contributed by atoms with Crippen LogP contribution in [0.2, 0.25) is 5.02 Å². The van der Waals surface area contributed by atoms with Gasteiger partial charge in [-0.3, -0.25) is 9.59 Å². The van der Waals surface area contributed by atoms with Crippen molar-refractivity contribution in [3.05, 3.63) is 34.9 Å². The lowest BCUT2D eigenvalue weighted by Crippen LogP contribution is -2.39. The second-order valence-electron chi connectivity index (χ2n) is 3.82. The molecule has 0 spiro atoms. The highest BCUT2D eigenvalue weighted by atomic mass is 35.5. The number of nitrogens with one attached hydrogen (secondary N) is 2. The molecule has 0 fully saturated rings. The molecule has 1 rings (SSSR count). The lowest BCUT2D eigenvalue weighted by molar-refractivity contribution is -0.120. The molecular weight excluding hydrogens is 256 g/mol. The van der Waals surface area contributed by atoms with Crippen LogP contribution >= 0.6 is 11.6 Å². The van der Waals surface area contributed by atoms with Crippen molar-refractivity contribution in [2.75, 3.05) is 13.1 Å². The zero-order valence-corrected chi connectivity index (χ0v) is 10.7. The molecular formula is C12H15ClN2O3. The summed E-state index contributed by atoms with van der Waals surface area (Å²) in [5.41, 5.74) is 0.322. The number of hydrogen-bond donors (Lipinski definition) is 3. The van der Waals surface area contributed by atoms with E-state index in [1.54, 1.807) is 31.2 Å². The topological polar surface area (TPSA) is 78.4 Å². The average Bonchev–Trinajstić information content (AvgIpc) is 2.34. The van der Waals surface area contributed by atoms with E-state index in [0.29, 0.717) is 10.6 Å². The molecule has 0 saturated heterocycles. The van der Waals surface area contributed by atoms with Gasteiger partial charge in [0, 0.05) is 6.54 Å². The molecule has 98 valence electrons. The Bertz CT molecular complexity index is 435. The molecule has 1 atom stereocenters. The Labute approximate surface area is 110 Å². The Morgan fingerprint density at radius 3 is 2.61 bits per heavy atom. The van der Waals surface area contributed by atoms with Gasteiger partial charge in [0.1, 0.15) is 0 Å². The summed E-state index contributed by atoms with van der Waals surface area (Å²) in [7, 11) is 0. The van der Waals surface area contributed by atoms with E-state index in [1.807, 2.05) is 0 Å². The first-order valence-electron chi connectivity index (χ1n) is 5.48. The molecule has 1 aromatic carbocycles. The van der Waals surface area contributed by atoms with Crippen molar-refractivity contribution in [3.8, 4) is 0 Å². The number of aliphatic hydroxyl groups is 1. The third-order valence-corrected chi connectivity index (χ3v) is 2.45. The fourth-order valence-corrected chi connectivity index (χ4v) is 1.45. The molecule has 0 aliphatic rings. The zero-order chi connectivity index (χ0) is 13.5. The maximum atomic E-state index is 11.7. The molecule has 6 heteroatoms. The van der Waals surface area contributed by atoms with Crippen molar-refractivity contribution >= 4 is 23.4 Å². The fourth-order valence-electron chi connectivity index (χ4n) is 1.23. The van der Waals surface area contributed by atoms with Gasteiger partial charge in [-0.2, -0.15) is 0 Å². The number of hydrogen-bond acceptors (Lipinski definition) is 3. The molecule has 1 aromatic rings. The fraction of sp³-hybridized carbons (Fsp3) is 0.333. The highest BCUT2D eigenvalue weighted by Crippen LogP contribution is 2.14. The summed E-state index contributed by atoms with van der Waals surface area (Å²) in [6.07, 6.45) is -0.617. The van der Waals surface area contributed by atoms with Crippen LogP contribution in [0.15, 0.2) is 24.3 Å². The van der Waals surface area contributed by atoms with Crippen LogP contribution in [-0.2, 0) is 4.79 Å². The number of aliphatic hydroxyl groups excluding tert-OH is 1. The summed E-state index contributed by atoms with van der Waals surface area (Å²) in [6.45, 7) is 1.56. The van der Waals surface area contributed by atoms with Crippen molar-refractivity contribution in [1.29, 1.82) is 0 Å². The van der Waals surface area contributed by atoms with Gasteiger partial charge in [-0.1, -0.05) is 23.7 Å². The summed E-state index contributed by atoms with van der Waals surface area (Å²) in [5, 5.41) is 14.2. The Morgan fingerprint density at radius 1 is 1.33 bits per heavy atom. The minimum atomic E-state index is -0.617. The van der Waals surface area contributed by atoms with Crippen LogP contribution in [0.1, 0.15) is 17.3 Å². The van der Waals surface area contributed by atoms with E-state index in [2.05, 4.69) is 10.6 Å². The van der Waals surface area contributed by atoms with Gasteiger partial charge < -0.3 is 15.7 Å². The molecule has 3 N–H and O–H groups in total. The van der Waals surface area contributed by atoms with Gasteiger partial charge in [0.25, 0.3) is 5.91 Å². The standard InChI is InChI=1S/C12H15ClN2O3/c1-8(16)6-14-11(17)7-15-12(18)9-4-2-3-5-10(9)13/h2-5,8,16H,6-7H2,1H3,(H,14,17)(H,15,18). The monoisotopic (exact) mass is 270 g/mol. The van der Waals surface area contributed by atoms with Crippen molar-refractivity contribution in [1.82, 2.24) is 10.6 Å². The highest BCUT2D eigenvalue weighted by molar-refractivity contribution is 6.33. The third kappa shape index (κ3) is 4.73. The van der Waals surface area contributed by atoms with Crippen LogP contribution in [0, 0.1) is 0 Å². The smallest absolute Gasteiger partial charge is 0.253 e. The Morgan fingerprint density at radius 2 is 2.00 bits per heavy atom. The maximum absolute atomic E-state index is 11.7. The lowest BCUT2D eigenvalue weighted by atomic mass is 10.2. The van der Waals surface area contributed by atoms with Gasteiger partial charge >= 0.3 is 0 Å². The first kappa shape index (κ1) is 14.5. The average molecular weight is 271 g/mol. The van der Waals surface area contributed by atoms with Crippen LogP contribution < -0.4 is 10.6 Å². The van der Waals surface area contributed by atoms with E-state index in [0.717, 1.165) is 0 Å². The van der Waals surface area contributed by atoms with Gasteiger partial charge in [0.15, 0.2) is 0 Å². The van der Waals surface area contributed by atoms with Crippen molar-refractivity contribution in [3.63, 3.8) is 0 Å². The molecule has 0 aliphatic heterocycles. The molecule has 2 amide bonds. The van der Waals surface area contributed by atoms with Crippen LogP contribution in [-0.4, -0.2) is 36.1 Å². The van der Waals surface area contributed by atoms with E-state index in [9.17, 15) is 9.59 Å². The summed E-state index contributed by atoms with van der Waals surface area (Å²) in [6, 6.07) is 6.58. The number of carbonyl (C=O) groups is 2. The second-order valence-corrected chi connectivity index (χ2v) is 4.22. The second kappa shape index (κ2) is 6.98. The Hall–Kier alpha value is -1.59. The van der Waals surface area contributed by atoms with E-state index in [-0.39, 0.29) is 19.0 Å². The van der Waals surface area contributed by atoms with E-state index in [1.165, 1.54) is 0 Å². The summed E-state index contributed by atoms with van der Waals surface area (Å²) < 4.78 is 0. The number of amides is 2. The van der Waals surface area contributed by atoms with E-state index >= 15 is 0 Å². The maximum Gasteiger partial charge on any atom is 0.253 e. The van der Waals surface area contributed by atoms with Crippen molar-refractivity contribution < 1.29 is 14.7 Å². The van der Waals surface area contributed by atoms with Gasteiger partial charge in [-0.05, 0) is 19.1 Å². The first-order chi connectivity index (χ1) is 8.50. The highest BCUT2D eigenvalue weighted by Gasteiger charge is 2.10. The minimum Gasteiger partial charge on any atom is -0.392 e. The van der Waals surface area contributed by atoms with Gasteiger partial charge in [-0.25, -0.2) is 0 Å². The molecule has 0 radical (unpaired) electrons. The van der Waals surface area contributed by atoms with Gasteiger partial charge in [0.2, 0.25) is 5.91 Å². The van der Waals surface area contributed by atoms with Crippen LogP contribution in [0.4, 0.5) is 0 Å². The van der Waals surface area contributed by atoms with E-state index in [4.69, 9.17) is 16.7 Å². The minimum absolute atomic E-state index is 0.154. The quantitative estimate of drug-likeness (QED) is 0.732. The molecule has 0 aliphatic carbocycles. The molecule has 0 aromatic heterocycles. The summed E-state index contributed by atoms with van der Waals surface area (Å²) in [4.78, 5) is 23.0. The molecule has 5 nitrogen and oxygen atoms in total. The number of rotatable bonds is 5. The van der Waals surface area contributed by atoms with Crippen LogP contribution in [0.25, 0.3) is 0 Å². The van der Waals surface area contributed by atoms with Gasteiger partial charge in [0.05, 0.1) is 23.2 Å². The number of benzene rings is 1. The largest absolute Gasteiger partial charge is 0.392 e. The number of carbonyl (C=O) groups excluding carboxylic acids is 2. The predicted octanol–water partition coefficient (Wildman–Crippen LogP) is 0.567. The number of halogens is 1. The van der Waals surface area contributed by atoms with Crippen LogP contribution in [0.3, 0.4) is 0 Å². The van der Waals surface area contributed by atoms with Gasteiger partial charge in [-0.15, -0.1) is 0 Å². The summed E-state index contributed by atoms with van der Waals surface area (Å²) in [5.74, 6) is -0.774. The van der Waals surface area contributed by atoms with E-state index < -0.39 is 12.0 Å². The SMILES string of the molecule is CC(O)CNC(=O)CNC(=O)c1ccccc1Cl. The molecule has 0 saturated carbocycles. The third-order valence-electron chi connectivity index (χ3n) is 2.12. The summed E-state index contributed by atoms with van der Waals surface area (Å²) >= 11 is 5.84. The first-order valence-corrected chi connectivity index (χ1v) is 5.86. The van der Waals surface area contributed by atoms with Crippen molar-refractivity contribution in [2.24, 2.45) is 0 Å². The lowest BCUT2D eigenvalue weighted by Gasteiger charge is -2.08. The normalized spacial score (nSPS) is 11.7. The van der Waals surface area contributed by atoms with Crippen molar-refractivity contribution in [2.45, 2.75) is 13.0 Å². The molecule has 18 heavy (non-hydrogen) atoms. The van der Waals surface area contributed by atoms with Crippen LogP contribution in [0.5, 0.6) is 0 Å². The Balaban J connectivity index is 2.42. The molecule has 0 heterocycles. The predicted molar refractivity (Wildman–Crippen MR) is 68.5 cm³/mol.